The van der Waals surface area contributed by atoms with E-state index < -0.39 is 0 Å². The van der Waals surface area contributed by atoms with Gasteiger partial charge >= 0.3 is 0 Å². The fourth-order valence-electron chi connectivity index (χ4n) is 4.49. The maximum Gasteiger partial charge on any atom is 0.217 e. The number of hydrogen-bond acceptors (Lipinski definition) is 4. The largest absolute Gasteiger partial charge is 0.512 e. The van der Waals surface area contributed by atoms with Crippen molar-refractivity contribution in [2.24, 2.45) is 0 Å². The molecule has 0 amide bonds. The molecule has 0 fully saturated rings. The van der Waals surface area contributed by atoms with Crippen LogP contribution >= 0.6 is 0 Å². The van der Waals surface area contributed by atoms with Crippen LogP contribution in [0.25, 0.3) is 33.7 Å². The van der Waals surface area contributed by atoms with E-state index in [1.807, 2.05) is 12.1 Å². The summed E-state index contributed by atoms with van der Waals surface area (Å²) in [6.45, 7) is 2.80. The second-order valence-corrected chi connectivity index (χ2v) is 8.83. The molecule has 3 aromatic rings. The number of nitrogens with zero attached hydrogens (tertiary/aromatic N) is 2. The number of benzene rings is 2. The molecule has 0 saturated heterocycles. The Kier molecular flexibility index (Phi) is 6.25. The van der Waals surface area contributed by atoms with Crippen LogP contribution in [0.2, 0.25) is 0 Å². The van der Waals surface area contributed by atoms with Crippen molar-refractivity contribution >= 4 is 22.4 Å². The third-order valence-electron chi connectivity index (χ3n) is 6.36. The fraction of sp³-hybridized carbons (Fsp3) is 0.310. The van der Waals surface area contributed by atoms with Gasteiger partial charge in [-0.25, -0.2) is 4.98 Å². The second-order valence-electron chi connectivity index (χ2n) is 8.83. The summed E-state index contributed by atoms with van der Waals surface area (Å²) in [5, 5.41) is 12.9. The molecule has 1 aromatic heterocycles. The molecular formula is C29H30N2O2. The highest BCUT2D eigenvalue weighted by atomic mass is 16.5. The van der Waals surface area contributed by atoms with Crippen LogP contribution in [0.4, 0.5) is 0 Å². The first kappa shape index (κ1) is 21.4. The van der Waals surface area contributed by atoms with E-state index in [-0.39, 0.29) is 0 Å². The number of fused-ring (bicyclic) bond motifs is 2. The van der Waals surface area contributed by atoms with Gasteiger partial charge in [-0.15, -0.1) is 0 Å². The van der Waals surface area contributed by atoms with Gasteiger partial charge in [-0.2, -0.15) is 4.98 Å². The number of ether oxygens (including phenoxy) is 1. The van der Waals surface area contributed by atoms with E-state index in [1.54, 1.807) is 0 Å². The molecule has 1 heterocycles. The summed E-state index contributed by atoms with van der Waals surface area (Å²) < 4.78 is 6.01. The van der Waals surface area contributed by atoms with Crippen LogP contribution in [-0.4, -0.2) is 21.7 Å². The Hall–Kier alpha value is -3.40. The number of aryl methyl sites for hydroxylation is 1. The zero-order valence-corrected chi connectivity index (χ0v) is 19.2. The summed E-state index contributed by atoms with van der Waals surface area (Å²) in [6, 6.07) is 13.0. The van der Waals surface area contributed by atoms with Crippen molar-refractivity contribution in [3.63, 3.8) is 0 Å². The number of aliphatic hydroxyl groups is 1. The maximum atomic E-state index is 10.5. The average Bonchev–Trinajstić information content (AvgIpc) is 2.85. The number of rotatable bonds is 7. The summed E-state index contributed by atoms with van der Waals surface area (Å²) in [5.41, 5.74) is 5.22. The molecule has 4 heteroatoms. The highest BCUT2D eigenvalue weighted by molar-refractivity contribution is 5.90. The smallest absolute Gasteiger partial charge is 0.217 e. The highest BCUT2D eigenvalue weighted by Crippen LogP contribution is 2.32. The van der Waals surface area contributed by atoms with Gasteiger partial charge in [0.05, 0.1) is 17.9 Å². The van der Waals surface area contributed by atoms with E-state index in [0.29, 0.717) is 36.1 Å². The van der Waals surface area contributed by atoms with E-state index in [4.69, 9.17) is 9.72 Å². The van der Waals surface area contributed by atoms with Gasteiger partial charge in [-0.3, -0.25) is 0 Å². The molecule has 0 aliphatic heterocycles. The first-order chi connectivity index (χ1) is 16.2. The monoisotopic (exact) mass is 438 g/mol. The summed E-state index contributed by atoms with van der Waals surface area (Å²) in [4.78, 5) is 9.48. The summed E-state index contributed by atoms with van der Waals surface area (Å²) in [5.74, 6) is 1.40. The van der Waals surface area contributed by atoms with Crippen LogP contribution in [0.1, 0.15) is 62.4 Å². The summed E-state index contributed by atoms with van der Waals surface area (Å²) in [7, 11) is 0. The van der Waals surface area contributed by atoms with Crippen molar-refractivity contribution < 1.29 is 9.84 Å². The molecule has 168 valence electrons. The van der Waals surface area contributed by atoms with Crippen LogP contribution in [-0.2, 0) is 6.42 Å². The van der Waals surface area contributed by atoms with E-state index >= 15 is 0 Å². The zero-order chi connectivity index (χ0) is 22.6. The Balaban J connectivity index is 1.55. The van der Waals surface area contributed by atoms with E-state index in [0.717, 1.165) is 49.8 Å². The molecular weight excluding hydrogens is 408 g/mol. The van der Waals surface area contributed by atoms with Crippen molar-refractivity contribution in [1.82, 2.24) is 9.97 Å². The van der Waals surface area contributed by atoms with Gasteiger partial charge < -0.3 is 9.84 Å². The molecule has 0 saturated carbocycles. The minimum atomic E-state index is 0.337. The van der Waals surface area contributed by atoms with Crippen molar-refractivity contribution in [3.8, 4) is 17.1 Å². The third kappa shape index (κ3) is 4.70. The number of aromatic nitrogens is 2. The van der Waals surface area contributed by atoms with Gasteiger partial charge in [0.25, 0.3) is 0 Å². The lowest BCUT2D eigenvalue weighted by molar-refractivity contribution is 0.294. The molecule has 0 spiro atoms. The quantitative estimate of drug-likeness (QED) is 0.389. The predicted octanol–water partition coefficient (Wildman–Crippen LogP) is 7.44. The van der Waals surface area contributed by atoms with Gasteiger partial charge in [0.1, 0.15) is 5.76 Å². The highest BCUT2D eigenvalue weighted by Gasteiger charge is 2.16. The Labute approximate surface area is 195 Å². The van der Waals surface area contributed by atoms with Crippen molar-refractivity contribution in [2.45, 2.75) is 51.9 Å². The topological polar surface area (TPSA) is 55.2 Å². The molecule has 0 bridgehead atoms. The molecule has 33 heavy (non-hydrogen) atoms. The molecule has 2 aliphatic rings. The molecule has 4 nitrogen and oxygen atoms in total. The van der Waals surface area contributed by atoms with Gasteiger partial charge in [0.2, 0.25) is 5.88 Å². The first-order valence-corrected chi connectivity index (χ1v) is 12.1. The van der Waals surface area contributed by atoms with Crippen molar-refractivity contribution in [2.75, 3.05) is 6.61 Å². The number of allylic oxidation sites excluding steroid dienone is 5. The summed E-state index contributed by atoms with van der Waals surface area (Å²) >= 11 is 0. The van der Waals surface area contributed by atoms with E-state index in [1.165, 1.54) is 21.9 Å². The fourth-order valence-corrected chi connectivity index (χ4v) is 4.49. The normalized spacial score (nSPS) is 15.2. The van der Waals surface area contributed by atoms with Gasteiger partial charge in [-0.05, 0) is 59.7 Å². The lowest BCUT2D eigenvalue weighted by atomic mass is 9.93. The van der Waals surface area contributed by atoms with Crippen LogP contribution < -0.4 is 4.74 Å². The molecule has 5 rings (SSSR count). The van der Waals surface area contributed by atoms with Gasteiger partial charge in [-0.1, -0.05) is 62.3 Å². The first-order valence-electron chi connectivity index (χ1n) is 12.1. The molecule has 0 unspecified atom stereocenters. The molecule has 0 radical (unpaired) electrons. The van der Waals surface area contributed by atoms with Crippen molar-refractivity contribution in [1.29, 1.82) is 0 Å². The lowest BCUT2D eigenvalue weighted by Crippen LogP contribution is -2.05. The van der Waals surface area contributed by atoms with Crippen LogP contribution in [0.3, 0.4) is 0 Å². The van der Waals surface area contributed by atoms with Crippen molar-refractivity contribution in [3.05, 3.63) is 77.3 Å². The number of hydrogen-bond donors (Lipinski definition) is 1. The number of aliphatic hydroxyl groups excluding tert-OH is 1. The predicted molar refractivity (Wildman–Crippen MR) is 135 cm³/mol. The second kappa shape index (κ2) is 9.62. The van der Waals surface area contributed by atoms with Crippen LogP contribution in [0, 0.1) is 0 Å². The Morgan fingerprint density at radius 1 is 0.909 bits per heavy atom. The third-order valence-corrected chi connectivity index (χ3v) is 6.36. The van der Waals surface area contributed by atoms with Gasteiger partial charge in [0, 0.05) is 18.1 Å². The standard InChI is InChI=1S/C29H30N2O2/c1-2-3-8-15-33-28-19-26(30-29(31-28)25-11-6-7-12-27(25)32)23-14-13-22-16-20-9-4-5-10-21(20)17-24(22)18-23/h5-6,10-11,13-14,16-19,32H,2-4,7-9,12,15H2,1H3. The molecule has 1 N–H and O–H groups in total. The minimum Gasteiger partial charge on any atom is -0.512 e. The molecule has 0 atom stereocenters. The molecule has 2 aliphatic carbocycles. The summed E-state index contributed by atoms with van der Waals surface area (Å²) in [6.07, 6.45) is 15.4. The van der Waals surface area contributed by atoms with Crippen LogP contribution in [0.15, 0.2) is 60.4 Å². The average molecular weight is 439 g/mol. The maximum absolute atomic E-state index is 10.5. The van der Waals surface area contributed by atoms with Crippen LogP contribution in [0.5, 0.6) is 5.88 Å². The van der Waals surface area contributed by atoms with E-state index in [2.05, 4.69) is 60.5 Å². The Bertz CT molecular complexity index is 1270. The number of unbranched alkanes of at least 4 members (excludes halogenated alkanes) is 2. The van der Waals surface area contributed by atoms with Gasteiger partial charge in [0.15, 0.2) is 5.82 Å². The Morgan fingerprint density at radius 2 is 1.79 bits per heavy atom. The molecule has 2 aromatic carbocycles. The SMILES string of the molecule is CCCCCOc1cc(-c2ccc3cc4c(cc3c2)C=CCC4)nc(C2=C(O)CCC=C2)n1. The van der Waals surface area contributed by atoms with E-state index in [9.17, 15) is 5.11 Å². The minimum absolute atomic E-state index is 0.337. The lowest BCUT2D eigenvalue weighted by Gasteiger charge is -2.14. The zero-order valence-electron chi connectivity index (χ0n) is 19.2. The Morgan fingerprint density at radius 3 is 2.67 bits per heavy atom.